The first-order valence-electron chi connectivity index (χ1n) is 8.32. The summed E-state index contributed by atoms with van der Waals surface area (Å²) in [6.07, 6.45) is 0.989. The van der Waals surface area contributed by atoms with Gasteiger partial charge < -0.3 is 10.2 Å². The molecule has 0 saturated heterocycles. The first-order chi connectivity index (χ1) is 11.3. The Morgan fingerprint density at radius 2 is 1.88 bits per heavy atom. The fourth-order valence-electron chi connectivity index (χ4n) is 2.93. The van der Waals surface area contributed by atoms with Crippen molar-refractivity contribution in [1.29, 1.82) is 0 Å². The number of hydrogen-bond donors (Lipinski definition) is 1. The summed E-state index contributed by atoms with van der Waals surface area (Å²) in [5, 5.41) is 2.96. The third-order valence-corrected chi connectivity index (χ3v) is 4.00. The maximum atomic E-state index is 12.4. The van der Waals surface area contributed by atoms with E-state index in [1.54, 1.807) is 6.07 Å². The molecular weight excluding hydrogens is 300 g/mol. The van der Waals surface area contributed by atoms with Gasteiger partial charge in [-0.1, -0.05) is 24.3 Å². The van der Waals surface area contributed by atoms with Gasteiger partial charge in [-0.25, -0.2) is 9.97 Å². The van der Waals surface area contributed by atoms with Crippen LogP contribution in [-0.4, -0.2) is 28.0 Å². The number of nitrogens with zero attached hydrogens (tertiary/aromatic N) is 3. The molecule has 2 heterocycles. The smallest absolute Gasteiger partial charge is 0.270 e. The second-order valence-corrected chi connectivity index (χ2v) is 7.30. The van der Waals surface area contributed by atoms with E-state index in [0.29, 0.717) is 11.5 Å². The van der Waals surface area contributed by atoms with Crippen LogP contribution in [0.3, 0.4) is 0 Å². The summed E-state index contributed by atoms with van der Waals surface area (Å²) in [5.74, 6) is 1.27. The molecule has 1 aromatic carbocycles. The van der Waals surface area contributed by atoms with Crippen molar-refractivity contribution < 1.29 is 4.79 Å². The molecule has 5 nitrogen and oxygen atoms in total. The Morgan fingerprint density at radius 1 is 1.17 bits per heavy atom. The van der Waals surface area contributed by atoms with Crippen molar-refractivity contribution in [2.24, 2.45) is 0 Å². The van der Waals surface area contributed by atoms with Crippen molar-refractivity contribution in [3.05, 3.63) is 53.0 Å². The number of hydrogen-bond acceptors (Lipinski definition) is 4. The van der Waals surface area contributed by atoms with E-state index in [2.05, 4.69) is 44.5 Å². The number of carbonyl (C=O) groups excluding carboxylic acids is 1. The minimum absolute atomic E-state index is 0.161. The molecule has 0 bridgehead atoms. The van der Waals surface area contributed by atoms with Crippen LogP contribution in [0.15, 0.2) is 30.3 Å². The van der Waals surface area contributed by atoms with E-state index in [1.165, 1.54) is 11.1 Å². The van der Waals surface area contributed by atoms with E-state index in [0.717, 1.165) is 25.3 Å². The van der Waals surface area contributed by atoms with Gasteiger partial charge in [-0.2, -0.15) is 0 Å². The highest BCUT2D eigenvalue weighted by molar-refractivity contribution is 5.93. The quantitative estimate of drug-likeness (QED) is 0.923. The van der Waals surface area contributed by atoms with Gasteiger partial charge in [0.1, 0.15) is 17.3 Å². The van der Waals surface area contributed by atoms with Gasteiger partial charge in [-0.15, -0.1) is 0 Å². The summed E-state index contributed by atoms with van der Waals surface area (Å²) in [6.45, 7) is 9.42. The second kappa shape index (κ2) is 6.23. The Bertz CT molecular complexity index is 764. The normalized spacial score (nSPS) is 14.2. The van der Waals surface area contributed by atoms with Crippen molar-refractivity contribution >= 4 is 11.7 Å². The number of aromatic nitrogens is 2. The molecule has 1 N–H and O–H groups in total. The standard InChI is InChI=1S/C19H24N4O/c1-13-20-16(18(24)22-19(2,3)4)11-17(21-13)23-10-9-14-7-5-6-8-15(14)12-23/h5-8,11H,9-10,12H2,1-4H3,(H,22,24). The number of anilines is 1. The SMILES string of the molecule is Cc1nc(C(=O)NC(C)(C)C)cc(N2CCc3ccccc3C2)n1. The van der Waals surface area contributed by atoms with E-state index in [-0.39, 0.29) is 11.4 Å². The van der Waals surface area contributed by atoms with Crippen molar-refractivity contribution in [3.8, 4) is 0 Å². The molecule has 0 radical (unpaired) electrons. The molecule has 3 rings (SSSR count). The molecule has 126 valence electrons. The Labute approximate surface area is 143 Å². The molecule has 0 atom stereocenters. The molecule has 1 aliphatic rings. The van der Waals surface area contributed by atoms with Gasteiger partial charge in [0, 0.05) is 24.7 Å². The number of aryl methyl sites for hydroxylation is 1. The molecule has 0 unspecified atom stereocenters. The Morgan fingerprint density at radius 3 is 2.58 bits per heavy atom. The summed E-state index contributed by atoms with van der Waals surface area (Å²) in [4.78, 5) is 23.5. The summed E-state index contributed by atoms with van der Waals surface area (Å²) in [5.41, 5.74) is 2.84. The average molecular weight is 324 g/mol. The van der Waals surface area contributed by atoms with Crippen molar-refractivity contribution in [3.63, 3.8) is 0 Å². The fraction of sp³-hybridized carbons (Fsp3) is 0.421. The van der Waals surface area contributed by atoms with Crippen LogP contribution >= 0.6 is 0 Å². The molecule has 2 aromatic rings. The maximum absolute atomic E-state index is 12.4. The minimum atomic E-state index is -0.292. The van der Waals surface area contributed by atoms with Gasteiger partial charge in [0.2, 0.25) is 0 Å². The van der Waals surface area contributed by atoms with Crippen LogP contribution < -0.4 is 10.2 Å². The maximum Gasteiger partial charge on any atom is 0.270 e. The van der Waals surface area contributed by atoms with Crippen LogP contribution in [0.5, 0.6) is 0 Å². The molecule has 0 fully saturated rings. The van der Waals surface area contributed by atoms with Gasteiger partial charge in [0.05, 0.1) is 0 Å². The van der Waals surface area contributed by atoms with Crippen LogP contribution in [0, 0.1) is 6.92 Å². The predicted molar refractivity (Wildman–Crippen MR) is 95.2 cm³/mol. The van der Waals surface area contributed by atoms with E-state index < -0.39 is 0 Å². The van der Waals surface area contributed by atoms with Crippen LogP contribution in [-0.2, 0) is 13.0 Å². The van der Waals surface area contributed by atoms with Crippen LogP contribution in [0.2, 0.25) is 0 Å². The minimum Gasteiger partial charge on any atom is -0.352 e. The van der Waals surface area contributed by atoms with Crippen molar-refractivity contribution in [1.82, 2.24) is 15.3 Å². The van der Waals surface area contributed by atoms with E-state index in [9.17, 15) is 4.79 Å². The number of amides is 1. The molecule has 1 aromatic heterocycles. The number of carbonyl (C=O) groups is 1. The molecule has 1 aliphatic heterocycles. The van der Waals surface area contributed by atoms with Crippen LogP contribution in [0.4, 0.5) is 5.82 Å². The topological polar surface area (TPSA) is 58.1 Å². The molecule has 0 saturated carbocycles. The van der Waals surface area contributed by atoms with Crippen molar-refractivity contribution in [2.75, 3.05) is 11.4 Å². The Balaban J connectivity index is 1.86. The highest BCUT2D eigenvalue weighted by Gasteiger charge is 2.21. The lowest BCUT2D eigenvalue weighted by Crippen LogP contribution is -2.41. The summed E-state index contributed by atoms with van der Waals surface area (Å²) in [7, 11) is 0. The summed E-state index contributed by atoms with van der Waals surface area (Å²) >= 11 is 0. The zero-order valence-corrected chi connectivity index (χ0v) is 14.8. The number of nitrogens with one attached hydrogen (secondary N) is 1. The highest BCUT2D eigenvalue weighted by Crippen LogP contribution is 2.23. The lowest BCUT2D eigenvalue weighted by atomic mass is 10.00. The first kappa shape index (κ1) is 16.4. The fourth-order valence-corrected chi connectivity index (χ4v) is 2.93. The monoisotopic (exact) mass is 324 g/mol. The number of benzene rings is 1. The summed E-state index contributed by atoms with van der Waals surface area (Å²) < 4.78 is 0. The van der Waals surface area contributed by atoms with Crippen molar-refractivity contribution in [2.45, 2.75) is 46.2 Å². The third kappa shape index (κ3) is 3.72. The van der Waals surface area contributed by atoms with Gasteiger partial charge in [0.25, 0.3) is 5.91 Å². The zero-order valence-electron chi connectivity index (χ0n) is 14.8. The molecule has 0 spiro atoms. The van der Waals surface area contributed by atoms with Gasteiger partial charge in [-0.3, -0.25) is 4.79 Å². The Hall–Kier alpha value is -2.43. The average Bonchev–Trinajstić information content (AvgIpc) is 2.52. The lowest BCUT2D eigenvalue weighted by molar-refractivity contribution is 0.0914. The van der Waals surface area contributed by atoms with E-state index >= 15 is 0 Å². The van der Waals surface area contributed by atoms with E-state index in [1.807, 2.05) is 27.7 Å². The largest absolute Gasteiger partial charge is 0.352 e. The highest BCUT2D eigenvalue weighted by atomic mass is 16.2. The first-order valence-corrected chi connectivity index (χ1v) is 8.32. The second-order valence-electron chi connectivity index (χ2n) is 7.30. The lowest BCUT2D eigenvalue weighted by Gasteiger charge is -2.30. The van der Waals surface area contributed by atoms with Gasteiger partial charge in [-0.05, 0) is 45.2 Å². The third-order valence-electron chi connectivity index (χ3n) is 4.00. The van der Waals surface area contributed by atoms with E-state index in [4.69, 9.17) is 0 Å². The molecular formula is C19H24N4O. The van der Waals surface area contributed by atoms with Crippen LogP contribution in [0.1, 0.15) is 48.2 Å². The van der Waals surface area contributed by atoms with Crippen LogP contribution in [0.25, 0.3) is 0 Å². The number of fused-ring (bicyclic) bond motifs is 1. The Kier molecular flexibility index (Phi) is 4.26. The predicted octanol–water partition coefficient (Wildman–Crippen LogP) is 2.88. The number of rotatable bonds is 2. The molecule has 5 heteroatoms. The molecule has 24 heavy (non-hydrogen) atoms. The molecule has 1 amide bonds. The zero-order chi connectivity index (χ0) is 17.3. The van der Waals surface area contributed by atoms with Gasteiger partial charge >= 0.3 is 0 Å². The van der Waals surface area contributed by atoms with Gasteiger partial charge in [0.15, 0.2) is 0 Å². The molecule has 0 aliphatic carbocycles. The summed E-state index contributed by atoms with van der Waals surface area (Å²) in [6, 6.07) is 10.3.